The van der Waals surface area contributed by atoms with Gasteiger partial charge in [0.1, 0.15) is 5.76 Å². The Morgan fingerprint density at radius 1 is 1.18 bits per heavy atom. The molecule has 2 N–H and O–H groups in total. The van der Waals surface area contributed by atoms with Gasteiger partial charge in [0, 0.05) is 35.6 Å². The largest absolute Gasteiger partial charge is 0.502 e. The minimum atomic E-state index is -1.09. The molecule has 0 bridgehead atoms. The van der Waals surface area contributed by atoms with Gasteiger partial charge in [-0.3, -0.25) is 9.59 Å². The van der Waals surface area contributed by atoms with Gasteiger partial charge in [0.05, 0.1) is 12.5 Å². The lowest BCUT2D eigenvalue weighted by atomic mass is 9.91. The molecule has 0 aliphatic carbocycles. The zero-order valence-corrected chi connectivity index (χ0v) is 18.4. The first-order valence-corrected chi connectivity index (χ1v) is 11.0. The fourth-order valence-electron chi connectivity index (χ4n) is 4.66. The average molecular weight is 464 g/mol. The van der Waals surface area contributed by atoms with Crippen molar-refractivity contribution in [1.29, 1.82) is 0 Å². The Labute approximate surface area is 193 Å². The lowest BCUT2D eigenvalue weighted by Gasteiger charge is -2.29. The number of hydrogen-bond acceptors (Lipinski definition) is 4. The van der Waals surface area contributed by atoms with E-state index in [9.17, 15) is 23.5 Å². The minimum absolute atomic E-state index is 0.146. The number of rotatable bonds is 4. The van der Waals surface area contributed by atoms with Crippen molar-refractivity contribution in [1.82, 2.24) is 9.88 Å². The summed E-state index contributed by atoms with van der Waals surface area (Å²) in [6.45, 7) is 2.40. The molecule has 1 atom stereocenters. The van der Waals surface area contributed by atoms with Crippen LogP contribution in [-0.4, -0.2) is 27.4 Å². The Morgan fingerprint density at radius 3 is 2.76 bits per heavy atom. The van der Waals surface area contributed by atoms with E-state index >= 15 is 0 Å². The van der Waals surface area contributed by atoms with Crippen molar-refractivity contribution in [2.24, 2.45) is 0 Å². The molecular weight excluding hydrogens is 442 g/mol. The third kappa shape index (κ3) is 3.85. The van der Waals surface area contributed by atoms with Crippen LogP contribution < -0.4 is 5.43 Å². The fraction of sp³-hybridized carbons (Fsp3) is 0.231. The normalized spacial score (nSPS) is 14.3. The zero-order chi connectivity index (χ0) is 24.0. The number of fused-ring (bicyclic) bond motifs is 3. The lowest BCUT2D eigenvalue weighted by Crippen LogP contribution is -2.36. The van der Waals surface area contributed by atoms with Crippen molar-refractivity contribution in [3.05, 3.63) is 98.7 Å². The van der Waals surface area contributed by atoms with Crippen LogP contribution in [0.5, 0.6) is 5.75 Å². The molecule has 0 fully saturated rings. The van der Waals surface area contributed by atoms with Gasteiger partial charge in [0.15, 0.2) is 17.4 Å². The summed E-state index contributed by atoms with van der Waals surface area (Å²) < 4.78 is 33.2. The van der Waals surface area contributed by atoms with E-state index in [1.165, 1.54) is 18.6 Å². The molecule has 34 heavy (non-hydrogen) atoms. The second kappa shape index (κ2) is 8.44. The van der Waals surface area contributed by atoms with Gasteiger partial charge in [-0.1, -0.05) is 24.3 Å². The summed E-state index contributed by atoms with van der Waals surface area (Å²) in [7, 11) is 0. The number of aromatic hydroxyl groups is 1. The number of para-hydroxylation sites is 1. The van der Waals surface area contributed by atoms with Crippen molar-refractivity contribution in [2.45, 2.75) is 32.2 Å². The summed E-state index contributed by atoms with van der Waals surface area (Å²) in [5.41, 5.74) is 2.70. The number of hydrogen-bond donors (Lipinski definition) is 2. The first kappa shape index (κ1) is 21.9. The smallest absolute Gasteiger partial charge is 0.227 e. The third-order valence-electron chi connectivity index (χ3n) is 6.35. The van der Waals surface area contributed by atoms with Gasteiger partial charge in [-0.2, -0.15) is 0 Å². The molecule has 1 aliphatic heterocycles. The molecule has 3 heterocycles. The number of benzene rings is 2. The SMILES string of the molecule is Cc1cc(=O)c(O)c(C(CC(=O)N2CCc3c([nH]c4ccccc34)C2)c2ccc(F)c(F)c2)o1. The van der Waals surface area contributed by atoms with Gasteiger partial charge in [0.2, 0.25) is 17.1 Å². The molecule has 0 spiro atoms. The summed E-state index contributed by atoms with van der Waals surface area (Å²) in [6.07, 6.45) is 0.478. The molecule has 0 saturated carbocycles. The van der Waals surface area contributed by atoms with E-state index < -0.39 is 28.7 Å². The molecule has 174 valence electrons. The number of carbonyl (C=O) groups is 1. The van der Waals surface area contributed by atoms with Crippen LogP contribution >= 0.6 is 0 Å². The van der Waals surface area contributed by atoms with Gasteiger partial charge < -0.3 is 19.4 Å². The molecular formula is C26H22F2N2O4. The van der Waals surface area contributed by atoms with Crippen LogP contribution in [0.25, 0.3) is 10.9 Å². The molecule has 5 rings (SSSR count). The summed E-state index contributed by atoms with van der Waals surface area (Å²) >= 11 is 0. The van der Waals surface area contributed by atoms with E-state index in [4.69, 9.17) is 4.42 Å². The van der Waals surface area contributed by atoms with Gasteiger partial charge in [-0.05, 0) is 42.7 Å². The third-order valence-corrected chi connectivity index (χ3v) is 6.35. The summed E-state index contributed by atoms with van der Waals surface area (Å²) in [5.74, 6) is -3.92. The van der Waals surface area contributed by atoms with E-state index in [-0.39, 0.29) is 29.4 Å². The molecule has 6 nitrogen and oxygen atoms in total. The van der Waals surface area contributed by atoms with Crippen LogP contribution in [-0.2, 0) is 17.8 Å². The molecule has 2 aromatic carbocycles. The number of amides is 1. The highest BCUT2D eigenvalue weighted by molar-refractivity contribution is 5.86. The fourth-order valence-corrected chi connectivity index (χ4v) is 4.66. The Kier molecular flexibility index (Phi) is 5.43. The van der Waals surface area contributed by atoms with Gasteiger partial charge in [0.25, 0.3) is 0 Å². The number of aromatic nitrogens is 1. The van der Waals surface area contributed by atoms with Crippen molar-refractivity contribution in [2.75, 3.05) is 6.54 Å². The van der Waals surface area contributed by atoms with Gasteiger partial charge >= 0.3 is 0 Å². The summed E-state index contributed by atoms with van der Waals surface area (Å²) in [4.78, 5) is 30.6. The predicted molar refractivity (Wildman–Crippen MR) is 122 cm³/mol. The second-order valence-electron chi connectivity index (χ2n) is 8.56. The monoisotopic (exact) mass is 464 g/mol. The molecule has 1 unspecified atom stereocenters. The van der Waals surface area contributed by atoms with E-state index in [2.05, 4.69) is 4.98 Å². The molecule has 4 aromatic rings. The van der Waals surface area contributed by atoms with Crippen molar-refractivity contribution < 1.29 is 23.1 Å². The number of nitrogens with zero attached hydrogens (tertiary/aromatic N) is 1. The maximum absolute atomic E-state index is 14.0. The summed E-state index contributed by atoms with van der Waals surface area (Å²) in [6, 6.07) is 12.3. The average Bonchev–Trinajstić information content (AvgIpc) is 3.19. The Morgan fingerprint density at radius 2 is 1.97 bits per heavy atom. The number of carbonyl (C=O) groups excluding carboxylic acids is 1. The van der Waals surface area contributed by atoms with Crippen LogP contribution in [0.3, 0.4) is 0 Å². The number of aryl methyl sites for hydroxylation is 1. The van der Waals surface area contributed by atoms with Crippen LogP contribution in [0, 0.1) is 18.6 Å². The molecule has 1 amide bonds. The van der Waals surface area contributed by atoms with E-state index in [0.29, 0.717) is 19.5 Å². The second-order valence-corrected chi connectivity index (χ2v) is 8.56. The highest BCUT2D eigenvalue weighted by Crippen LogP contribution is 2.35. The lowest BCUT2D eigenvalue weighted by molar-refractivity contribution is -0.132. The quantitative estimate of drug-likeness (QED) is 0.465. The highest BCUT2D eigenvalue weighted by Gasteiger charge is 2.30. The number of halogens is 2. The highest BCUT2D eigenvalue weighted by atomic mass is 19.2. The number of nitrogens with one attached hydrogen (secondary N) is 1. The van der Waals surface area contributed by atoms with Gasteiger partial charge in [-0.15, -0.1) is 0 Å². The maximum atomic E-state index is 14.0. The van der Waals surface area contributed by atoms with Crippen molar-refractivity contribution in [3.63, 3.8) is 0 Å². The van der Waals surface area contributed by atoms with Crippen LogP contribution in [0.2, 0.25) is 0 Å². The molecule has 1 aliphatic rings. The summed E-state index contributed by atoms with van der Waals surface area (Å²) in [5, 5.41) is 11.5. The molecule has 0 radical (unpaired) electrons. The van der Waals surface area contributed by atoms with E-state index in [0.717, 1.165) is 34.8 Å². The molecule has 0 saturated heterocycles. The number of H-pyrrole nitrogens is 1. The Balaban J connectivity index is 1.48. The first-order chi connectivity index (χ1) is 16.3. The predicted octanol–water partition coefficient (Wildman–Crippen LogP) is 4.52. The van der Waals surface area contributed by atoms with E-state index in [1.54, 1.807) is 4.90 Å². The van der Waals surface area contributed by atoms with Gasteiger partial charge in [-0.25, -0.2) is 8.78 Å². The number of aromatic amines is 1. The van der Waals surface area contributed by atoms with Crippen LogP contribution in [0.1, 0.15) is 40.7 Å². The Bertz CT molecular complexity index is 1470. The van der Waals surface area contributed by atoms with Crippen molar-refractivity contribution in [3.8, 4) is 5.75 Å². The zero-order valence-electron chi connectivity index (χ0n) is 18.4. The standard InChI is InChI=1S/C26H22F2N2O4/c1-14-10-23(31)25(33)26(34-14)18(15-6-7-19(27)20(28)11-15)12-24(32)30-9-8-17-16-4-2-3-5-21(16)29-22(17)13-30/h2-7,10-11,18,29,33H,8-9,12-13H2,1H3. The molecule has 8 heteroatoms. The maximum Gasteiger partial charge on any atom is 0.227 e. The Hall–Kier alpha value is -3.94. The van der Waals surface area contributed by atoms with E-state index in [1.807, 2.05) is 24.3 Å². The topological polar surface area (TPSA) is 86.5 Å². The minimum Gasteiger partial charge on any atom is -0.502 e. The van der Waals surface area contributed by atoms with Crippen LogP contribution in [0.4, 0.5) is 8.78 Å². The first-order valence-electron chi connectivity index (χ1n) is 11.0. The van der Waals surface area contributed by atoms with Crippen LogP contribution in [0.15, 0.2) is 57.7 Å². The molecule has 2 aromatic heterocycles. The van der Waals surface area contributed by atoms with Crippen molar-refractivity contribution >= 4 is 16.8 Å².